The highest BCUT2D eigenvalue weighted by atomic mass is 32.2. The molecule has 1 amide bonds. The highest BCUT2D eigenvalue weighted by Crippen LogP contribution is 2.44. The van der Waals surface area contributed by atoms with Crippen LogP contribution in [0, 0.1) is 12.8 Å². The number of aryl methyl sites for hydroxylation is 1. The molecule has 7 nitrogen and oxygen atoms in total. The number of hydrogen-bond acceptors (Lipinski definition) is 5. The molecule has 0 radical (unpaired) electrons. The number of carbonyl (C=O) groups excluding carboxylic acids is 1. The van der Waals surface area contributed by atoms with Gasteiger partial charge in [0.1, 0.15) is 5.82 Å². The molecule has 1 fully saturated rings. The average molecular weight is 503 g/mol. The molecule has 4 rings (SSSR count). The lowest BCUT2D eigenvalue weighted by Crippen LogP contribution is -2.48. The fourth-order valence-corrected chi connectivity index (χ4v) is 5.36. The molecule has 186 valence electrons. The van der Waals surface area contributed by atoms with Gasteiger partial charge in [-0.2, -0.15) is 0 Å². The number of alkyl halides is 2. The first-order valence-corrected chi connectivity index (χ1v) is 12.9. The monoisotopic (exact) mass is 502 g/mol. The molecule has 1 aliphatic rings. The van der Waals surface area contributed by atoms with Crippen molar-refractivity contribution in [2.75, 3.05) is 18.4 Å². The summed E-state index contributed by atoms with van der Waals surface area (Å²) >= 11 is 0. The third kappa shape index (κ3) is 6.12. The van der Waals surface area contributed by atoms with Gasteiger partial charge >= 0.3 is 0 Å². The van der Waals surface area contributed by atoms with E-state index in [-0.39, 0.29) is 29.6 Å². The zero-order chi connectivity index (χ0) is 25.2. The zero-order valence-corrected chi connectivity index (χ0v) is 20.3. The third-order valence-electron chi connectivity index (χ3n) is 6.17. The molecule has 0 saturated heterocycles. The molecule has 35 heavy (non-hydrogen) atoms. The summed E-state index contributed by atoms with van der Waals surface area (Å²) in [5, 5.41) is 6.61. The fraction of sp³-hybridized carbons (Fsp3) is 0.360. The lowest BCUT2D eigenvalue weighted by molar-refractivity contribution is -0.116. The van der Waals surface area contributed by atoms with Crippen LogP contribution in [0.2, 0.25) is 0 Å². The summed E-state index contributed by atoms with van der Waals surface area (Å²) in [7, 11) is -3.85. The molecule has 1 atom stereocenters. The van der Waals surface area contributed by atoms with Crippen LogP contribution < -0.4 is 15.4 Å². The van der Waals surface area contributed by atoms with E-state index in [9.17, 15) is 22.0 Å². The van der Waals surface area contributed by atoms with Gasteiger partial charge in [-0.25, -0.2) is 26.9 Å². The minimum atomic E-state index is -3.85. The number of sulfonamides is 1. The van der Waals surface area contributed by atoms with Gasteiger partial charge in [-0.05, 0) is 62.2 Å². The van der Waals surface area contributed by atoms with Crippen LogP contribution >= 0.6 is 0 Å². The Labute approximate surface area is 203 Å². The Morgan fingerprint density at radius 1 is 1.09 bits per heavy atom. The van der Waals surface area contributed by atoms with Crippen molar-refractivity contribution >= 4 is 32.7 Å². The van der Waals surface area contributed by atoms with Crippen molar-refractivity contribution in [3.05, 3.63) is 65.7 Å². The van der Waals surface area contributed by atoms with Crippen LogP contribution in [0.5, 0.6) is 0 Å². The lowest BCUT2D eigenvalue weighted by atomic mass is 9.77. The van der Waals surface area contributed by atoms with Crippen LogP contribution in [0.1, 0.15) is 35.7 Å². The Bertz CT molecular complexity index is 1320. The van der Waals surface area contributed by atoms with Gasteiger partial charge in [-0.15, -0.1) is 0 Å². The second-order valence-corrected chi connectivity index (χ2v) is 10.7. The fourth-order valence-electron chi connectivity index (χ4n) is 4.01. The number of pyridine rings is 1. The minimum absolute atomic E-state index is 0.0595. The molecule has 1 aromatic heterocycles. The van der Waals surface area contributed by atoms with E-state index >= 15 is 0 Å². The molecule has 1 heterocycles. The molecule has 1 saturated carbocycles. The summed E-state index contributed by atoms with van der Waals surface area (Å²) in [4.78, 5) is 16.7. The van der Waals surface area contributed by atoms with Crippen molar-refractivity contribution in [1.82, 2.24) is 15.0 Å². The topological polar surface area (TPSA) is 100 Å². The van der Waals surface area contributed by atoms with E-state index in [1.54, 1.807) is 37.3 Å². The second-order valence-electron chi connectivity index (χ2n) is 9.03. The number of aromatic nitrogens is 1. The van der Waals surface area contributed by atoms with Gasteiger partial charge in [0.25, 0.3) is 5.91 Å². The predicted octanol–water partition coefficient (Wildman–Crippen LogP) is 4.10. The van der Waals surface area contributed by atoms with E-state index in [0.29, 0.717) is 35.4 Å². The predicted molar refractivity (Wildman–Crippen MR) is 131 cm³/mol. The molecule has 0 unspecified atom stereocenters. The molecule has 0 bridgehead atoms. The Morgan fingerprint density at radius 3 is 2.49 bits per heavy atom. The number of carbonyl (C=O) groups is 1. The highest BCUT2D eigenvalue weighted by molar-refractivity contribution is 7.89. The maximum Gasteiger partial charge on any atom is 0.251 e. The Morgan fingerprint density at radius 2 is 1.80 bits per heavy atom. The number of halogens is 2. The van der Waals surface area contributed by atoms with Crippen molar-refractivity contribution in [3.8, 4) is 0 Å². The molecule has 3 aromatic rings. The number of anilines is 1. The van der Waals surface area contributed by atoms with Crippen molar-refractivity contribution in [1.29, 1.82) is 0 Å². The van der Waals surface area contributed by atoms with Crippen LogP contribution in [-0.2, 0) is 10.0 Å². The number of benzene rings is 2. The summed E-state index contributed by atoms with van der Waals surface area (Å²) in [6.07, 6.45) is -0.604. The van der Waals surface area contributed by atoms with Crippen molar-refractivity contribution < 1.29 is 22.0 Å². The van der Waals surface area contributed by atoms with E-state index in [0.717, 1.165) is 5.56 Å². The van der Waals surface area contributed by atoms with Crippen molar-refractivity contribution in [3.63, 3.8) is 0 Å². The van der Waals surface area contributed by atoms with Gasteiger partial charge in [0.2, 0.25) is 15.9 Å². The molecule has 2 aromatic carbocycles. The van der Waals surface area contributed by atoms with E-state index < -0.39 is 22.0 Å². The van der Waals surface area contributed by atoms with Crippen LogP contribution in [0.4, 0.5) is 14.6 Å². The van der Waals surface area contributed by atoms with Crippen molar-refractivity contribution in [2.24, 2.45) is 5.92 Å². The normalized spacial score (nSPS) is 16.5. The maximum absolute atomic E-state index is 13.1. The maximum atomic E-state index is 13.1. The summed E-state index contributed by atoms with van der Waals surface area (Å²) in [6.45, 7) is 4.44. The quantitative estimate of drug-likeness (QED) is 0.383. The smallest absolute Gasteiger partial charge is 0.251 e. The van der Waals surface area contributed by atoms with Gasteiger partial charge in [-0.1, -0.05) is 17.7 Å². The van der Waals surface area contributed by atoms with Gasteiger partial charge in [0.05, 0.1) is 10.4 Å². The number of nitrogens with zero attached hydrogens (tertiary/aromatic N) is 1. The van der Waals surface area contributed by atoms with Crippen molar-refractivity contribution in [2.45, 2.75) is 43.5 Å². The van der Waals surface area contributed by atoms with Crippen LogP contribution in [0.3, 0.4) is 0 Å². The first kappa shape index (κ1) is 25.0. The SMILES string of the molecule is Cc1ccc(C(=O)NCCNc2ccc3cc(S(=O)(=O)N[C@H](C)C4CC(F)(F)C4)ccc3n2)cc1. The highest BCUT2D eigenvalue weighted by Gasteiger charge is 2.48. The van der Waals surface area contributed by atoms with Gasteiger partial charge in [0, 0.05) is 42.9 Å². The van der Waals surface area contributed by atoms with E-state index in [4.69, 9.17) is 0 Å². The number of amides is 1. The number of rotatable bonds is 9. The number of fused-ring (bicyclic) bond motifs is 1. The van der Waals surface area contributed by atoms with E-state index in [2.05, 4.69) is 20.3 Å². The standard InChI is InChI=1S/C25H28F2N4O3S/c1-16-3-5-18(6-4-16)24(32)29-12-11-28-23-10-7-19-13-21(8-9-22(19)30-23)35(33,34)31-17(2)20-14-25(26,27)15-20/h3-10,13,17,20,31H,11-12,14-15H2,1-2H3,(H,28,30)(H,29,32)/t17-/m1/s1. The summed E-state index contributed by atoms with van der Waals surface area (Å²) in [5.41, 5.74) is 2.28. The van der Waals surface area contributed by atoms with Crippen LogP contribution in [0.25, 0.3) is 10.9 Å². The second kappa shape index (κ2) is 9.87. The largest absolute Gasteiger partial charge is 0.368 e. The lowest BCUT2D eigenvalue weighted by Gasteiger charge is -2.38. The Kier molecular flexibility index (Phi) is 7.05. The molecular formula is C25H28F2N4O3S. The minimum Gasteiger partial charge on any atom is -0.368 e. The van der Waals surface area contributed by atoms with Gasteiger partial charge < -0.3 is 10.6 Å². The summed E-state index contributed by atoms with van der Waals surface area (Å²) < 4.78 is 54.2. The van der Waals surface area contributed by atoms with E-state index in [1.807, 2.05) is 19.1 Å². The molecule has 10 heteroatoms. The first-order valence-electron chi connectivity index (χ1n) is 11.4. The van der Waals surface area contributed by atoms with E-state index in [1.165, 1.54) is 12.1 Å². The third-order valence-corrected chi connectivity index (χ3v) is 7.73. The molecule has 3 N–H and O–H groups in total. The Balaban J connectivity index is 1.32. The Hall–Kier alpha value is -3.11. The molecular weight excluding hydrogens is 474 g/mol. The van der Waals surface area contributed by atoms with Gasteiger partial charge in [-0.3, -0.25) is 4.79 Å². The number of nitrogens with one attached hydrogen (secondary N) is 3. The number of hydrogen-bond donors (Lipinski definition) is 3. The van der Waals surface area contributed by atoms with Crippen LogP contribution in [0.15, 0.2) is 59.5 Å². The zero-order valence-electron chi connectivity index (χ0n) is 19.5. The molecule has 1 aliphatic carbocycles. The molecule has 0 spiro atoms. The summed E-state index contributed by atoms with van der Waals surface area (Å²) in [5.74, 6) is -2.63. The molecule has 0 aliphatic heterocycles. The summed E-state index contributed by atoms with van der Waals surface area (Å²) in [6, 6.07) is 14.8. The average Bonchev–Trinajstić information content (AvgIpc) is 2.79. The van der Waals surface area contributed by atoms with Crippen LogP contribution in [-0.4, -0.2) is 44.4 Å². The first-order chi connectivity index (χ1) is 16.5. The van der Waals surface area contributed by atoms with Gasteiger partial charge in [0.15, 0.2) is 0 Å².